The van der Waals surface area contributed by atoms with E-state index in [2.05, 4.69) is 10.3 Å². The van der Waals surface area contributed by atoms with Gasteiger partial charge in [-0.3, -0.25) is 4.79 Å². The maximum Gasteiger partial charge on any atom is 0.255 e. The summed E-state index contributed by atoms with van der Waals surface area (Å²) in [6.45, 7) is 1.93. The van der Waals surface area contributed by atoms with E-state index in [0.717, 1.165) is 15.2 Å². The minimum absolute atomic E-state index is 0.226. The van der Waals surface area contributed by atoms with Crippen LogP contribution in [-0.2, 0) is 0 Å². The highest BCUT2D eigenvalue weighted by molar-refractivity contribution is 7.18. The van der Waals surface area contributed by atoms with Crippen LogP contribution < -0.4 is 10.1 Å². The summed E-state index contributed by atoms with van der Waals surface area (Å²) in [7, 11) is 1.58. The number of fused-ring (bicyclic) bond motifs is 1. The Hall–Kier alpha value is -2.11. The van der Waals surface area contributed by atoms with Gasteiger partial charge in [-0.05, 0) is 43.3 Å². The number of halogens is 1. The number of ether oxygens (including phenoxy) is 1. The number of carbonyl (C=O) groups is 1. The molecule has 1 amide bonds. The molecule has 112 valence electrons. The van der Waals surface area contributed by atoms with Crippen LogP contribution in [0.2, 0.25) is 5.02 Å². The summed E-state index contributed by atoms with van der Waals surface area (Å²) in [4.78, 5) is 16.7. The van der Waals surface area contributed by atoms with Crippen molar-refractivity contribution in [3.8, 4) is 5.75 Å². The molecule has 6 heteroatoms. The first-order valence-electron chi connectivity index (χ1n) is 6.59. The third-order valence-electron chi connectivity index (χ3n) is 3.21. The molecular formula is C16H13ClN2O2S. The molecule has 0 aliphatic carbocycles. The van der Waals surface area contributed by atoms with Crippen molar-refractivity contribution in [3.63, 3.8) is 0 Å². The Morgan fingerprint density at radius 2 is 1.95 bits per heavy atom. The third-order valence-corrected chi connectivity index (χ3v) is 4.53. The van der Waals surface area contributed by atoms with Gasteiger partial charge in [0.2, 0.25) is 0 Å². The normalized spacial score (nSPS) is 10.7. The molecule has 0 aliphatic rings. The van der Waals surface area contributed by atoms with Crippen LogP contribution in [-0.4, -0.2) is 18.0 Å². The molecule has 3 rings (SSSR count). The van der Waals surface area contributed by atoms with E-state index in [4.69, 9.17) is 16.3 Å². The summed E-state index contributed by atoms with van der Waals surface area (Å²) in [5.74, 6) is 0.477. The second-order valence-corrected chi connectivity index (χ2v) is 6.30. The Kier molecular flexibility index (Phi) is 4.00. The van der Waals surface area contributed by atoms with Gasteiger partial charge < -0.3 is 10.1 Å². The molecule has 0 saturated heterocycles. The second kappa shape index (κ2) is 5.94. The molecule has 0 radical (unpaired) electrons. The minimum Gasteiger partial charge on any atom is -0.497 e. The Morgan fingerprint density at radius 1 is 1.23 bits per heavy atom. The Morgan fingerprint density at radius 3 is 2.64 bits per heavy atom. The average Bonchev–Trinajstić information content (AvgIpc) is 2.91. The van der Waals surface area contributed by atoms with Crippen molar-refractivity contribution in [2.75, 3.05) is 12.4 Å². The van der Waals surface area contributed by atoms with Crippen LogP contribution in [0.15, 0.2) is 36.4 Å². The number of anilines is 1. The number of rotatable bonds is 3. The number of hydrogen-bond acceptors (Lipinski definition) is 4. The van der Waals surface area contributed by atoms with Gasteiger partial charge in [0.1, 0.15) is 11.3 Å². The molecule has 1 N–H and O–H groups in total. The van der Waals surface area contributed by atoms with Crippen LogP contribution >= 0.6 is 22.9 Å². The molecule has 4 nitrogen and oxygen atoms in total. The molecule has 0 unspecified atom stereocenters. The fourth-order valence-electron chi connectivity index (χ4n) is 2.11. The number of hydrogen-bond donors (Lipinski definition) is 1. The zero-order chi connectivity index (χ0) is 15.7. The molecule has 0 fully saturated rings. The summed E-state index contributed by atoms with van der Waals surface area (Å²) in [6.07, 6.45) is 0. The lowest BCUT2D eigenvalue weighted by Gasteiger charge is -2.08. The molecule has 0 aliphatic heterocycles. The molecule has 22 heavy (non-hydrogen) atoms. The number of nitrogens with zero attached hydrogens (tertiary/aromatic N) is 1. The van der Waals surface area contributed by atoms with Crippen LogP contribution in [0.5, 0.6) is 5.75 Å². The first-order chi connectivity index (χ1) is 10.6. The van der Waals surface area contributed by atoms with E-state index >= 15 is 0 Å². The SMILES string of the molecule is COc1ccc(C(=O)Nc2ccc3sc(C)nc3c2Cl)cc1. The van der Waals surface area contributed by atoms with Gasteiger partial charge in [0.05, 0.1) is 27.5 Å². The summed E-state index contributed by atoms with van der Waals surface area (Å²) in [6, 6.07) is 10.6. The molecule has 1 aromatic heterocycles. The highest BCUT2D eigenvalue weighted by atomic mass is 35.5. The van der Waals surface area contributed by atoms with Crippen molar-refractivity contribution < 1.29 is 9.53 Å². The van der Waals surface area contributed by atoms with E-state index in [1.807, 2.05) is 13.0 Å². The molecule has 0 saturated carbocycles. The quantitative estimate of drug-likeness (QED) is 0.767. The first-order valence-corrected chi connectivity index (χ1v) is 7.79. The van der Waals surface area contributed by atoms with Crippen molar-refractivity contribution in [2.24, 2.45) is 0 Å². The van der Waals surface area contributed by atoms with Gasteiger partial charge >= 0.3 is 0 Å². The van der Waals surface area contributed by atoms with Crippen LogP contribution in [0.25, 0.3) is 10.2 Å². The Bertz CT molecular complexity index is 843. The number of thiazole rings is 1. The summed E-state index contributed by atoms with van der Waals surface area (Å²) in [5, 5.41) is 4.22. The van der Waals surface area contributed by atoms with Gasteiger partial charge in [-0.1, -0.05) is 11.6 Å². The van der Waals surface area contributed by atoms with Crippen LogP contribution in [0.1, 0.15) is 15.4 Å². The largest absolute Gasteiger partial charge is 0.497 e. The van der Waals surface area contributed by atoms with E-state index in [9.17, 15) is 4.79 Å². The van der Waals surface area contributed by atoms with E-state index in [1.54, 1.807) is 48.8 Å². The van der Waals surface area contributed by atoms with Crippen molar-refractivity contribution in [1.82, 2.24) is 4.98 Å². The molecule has 0 atom stereocenters. The van der Waals surface area contributed by atoms with Crippen molar-refractivity contribution >= 4 is 44.7 Å². The van der Waals surface area contributed by atoms with Crippen LogP contribution in [0.4, 0.5) is 5.69 Å². The Balaban J connectivity index is 1.88. The number of amides is 1. The summed E-state index contributed by atoms with van der Waals surface area (Å²) >= 11 is 7.92. The molecule has 1 heterocycles. The maximum atomic E-state index is 12.3. The van der Waals surface area contributed by atoms with Crippen molar-refractivity contribution in [3.05, 3.63) is 52.0 Å². The molecule has 2 aromatic carbocycles. The van der Waals surface area contributed by atoms with E-state index in [-0.39, 0.29) is 5.91 Å². The van der Waals surface area contributed by atoms with Gasteiger partial charge in [-0.25, -0.2) is 4.98 Å². The van der Waals surface area contributed by atoms with Gasteiger partial charge in [0.15, 0.2) is 0 Å². The summed E-state index contributed by atoms with van der Waals surface area (Å²) < 4.78 is 6.08. The van der Waals surface area contributed by atoms with Crippen molar-refractivity contribution in [1.29, 1.82) is 0 Å². The molecule has 0 bridgehead atoms. The highest BCUT2D eigenvalue weighted by Gasteiger charge is 2.13. The summed E-state index contributed by atoms with van der Waals surface area (Å²) in [5.41, 5.74) is 1.81. The number of methoxy groups -OCH3 is 1. The molecule has 0 spiro atoms. The highest BCUT2D eigenvalue weighted by Crippen LogP contribution is 2.33. The number of nitrogens with one attached hydrogen (secondary N) is 1. The number of aromatic nitrogens is 1. The van der Waals surface area contributed by atoms with Gasteiger partial charge in [-0.2, -0.15) is 0 Å². The number of benzene rings is 2. The van der Waals surface area contributed by atoms with Gasteiger partial charge in [-0.15, -0.1) is 11.3 Å². The molecular weight excluding hydrogens is 320 g/mol. The predicted octanol–water partition coefficient (Wildman–Crippen LogP) is 4.52. The zero-order valence-electron chi connectivity index (χ0n) is 12.0. The lowest BCUT2D eigenvalue weighted by atomic mass is 10.2. The smallest absolute Gasteiger partial charge is 0.255 e. The lowest BCUT2D eigenvalue weighted by Crippen LogP contribution is -2.12. The van der Waals surface area contributed by atoms with Gasteiger partial charge in [0.25, 0.3) is 5.91 Å². The second-order valence-electron chi connectivity index (χ2n) is 4.69. The van der Waals surface area contributed by atoms with E-state index < -0.39 is 0 Å². The average molecular weight is 333 g/mol. The standard InChI is InChI=1S/C16H13ClN2O2S/c1-9-18-15-13(22-9)8-7-12(14(15)17)19-16(20)10-3-5-11(21-2)6-4-10/h3-8H,1-2H3,(H,19,20). The number of aryl methyl sites for hydroxylation is 1. The monoisotopic (exact) mass is 332 g/mol. The Labute approximate surface area is 136 Å². The maximum absolute atomic E-state index is 12.3. The molecule has 3 aromatic rings. The topological polar surface area (TPSA) is 51.2 Å². The van der Waals surface area contributed by atoms with Gasteiger partial charge in [0, 0.05) is 5.56 Å². The fraction of sp³-hybridized carbons (Fsp3) is 0.125. The first kappa shape index (κ1) is 14.8. The minimum atomic E-state index is -0.226. The van der Waals surface area contributed by atoms with Crippen LogP contribution in [0, 0.1) is 6.92 Å². The zero-order valence-corrected chi connectivity index (χ0v) is 13.6. The van der Waals surface area contributed by atoms with Crippen molar-refractivity contribution in [2.45, 2.75) is 6.92 Å². The lowest BCUT2D eigenvalue weighted by molar-refractivity contribution is 0.102. The number of carbonyl (C=O) groups excluding carboxylic acids is 1. The van der Waals surface area contributed by atoms with E-state index in [0.29, 0.717) is 22.0 Å². The van der Waals surface area contributed by atoms with E-state index in [1.165, 1.54) is 0 Å². The fourth-order valence-corrected chi connectivity index (χ4v) is 3.25. The predicted molar refractivity (Wildman–Crippen MR) is 90.3 cm³/mol. The third kappa shape index (κ3) is 2.77. The van der Waals surface area contributed by atoms with Crippen LogP contribution in [0.3, 0.4) is 0 Å².